The molecule has 1 N–H and O–H groups in total. The van der Waals surface area contributed by atoms with Gasteiger partial charge in [0.05, 0.1) is 11.0 Å². The first-order chi connectivity index (χ1) is 15.5. The molecule has 32 heavy (non-hydrogen) atoms. The van der Waals surface area contributed by atoms with E-state index in [1.807, 2.05) is 41.8 Å². The van der Waals surface area contributed by atoms with Crippen molar-refractivity contribution in [2.75, 3.05) is 5.32 Å². The van der Waals surface area contributed by atoms with E-state index >= 15 is 0 Å². The average molecular weight is 467 g/mol. The maximum Gasteiger partial charge on any atom is 0.237 e. The highest BCUT2D eigenvalue weighted by Gasteiger charge is 2.22. The lowest BCUT2D eigenvalue weighted by Crippen LogP contribution is -2.25. The fraction of sp³-hybridized carbons (Fsp3) is 0.320. The lowest BCUT2D eigenvalue weighted by atomic mass is 10.1. The number of hydrogen-bond acceptors (Lipinski definition) is 5. The van der Waals surface area contributed by atoms with Crippen LogP contribution in [0, 0.1) is 6.92 Å². The van der Waals surface area contributed by atoms with Gasteiger partial charge in [0.1, 0.15) is 5.82 Å². The van der Waals surface area contributed by atoms with Gasteiger partial charge in [-0.3, -0.25) is 4.79 Å². The van der Waals surface area contributed by atoms with Crippen LogP contribution in [0.4, 0.5) is 5.69 Å². The van der Waals surface area contributed by atoms with Gasteiger partial charge in [0, 0.05) is 17.1 Å². The van der Waals surface area contributed by atoms with Gasteiger partial charge in [0.15, 0.2) is 5.16 Å². The van der Waals surface area contributed by atoms with E-state index in [4.69, 9.17) is 0 Å². The average Bonchev–Trinajstić information content (AvgIpc) is 3.19. The molecule has 0 fully saturated rings. The Hall–Kier alpha value is -2.51. The van der Waals surface area contributed by atoms with E-state index in [2.05, 4.69) is 60.2 Å². The molecule has 7 heteroatoms. The number of thioether (sulfide) groups is 2. The molecule has 5 nitrogen and oxygen atoms in total. The fourth-order valence-electron chi connectivity index (χ4n) is 3.10. The second-order valence-electron chi connectivity index (χ2n) is 7.45. The van der Waals surface area contributed by atoms with Gasteiger partial charge < -0.3 is 9.88 Å². The van der Waals surface area contributed by atoms with Crippen molar-refractivity contribution in [1.82, 2.24) is 14.8 Å². The number of anilines is 1. The Kier molecular flexibility index (Phi) is 9.00. The Bertz CT molecular complexity index is 1030. The molecule has 1 heterocycles. The van der Waals surface area contributed by atoms with Gasteiger partial charge in [-0.2, -0.15) is 0 Å². The van der Waals surface area contributed by atoms with E-state index in [-0.39, 0.29) is 11.2 Å². The normalized spacial score (nSPS) is 11.8. The Morgan fingerprint density at radius 3 is 2.47 bits per heavy atom. The van der Waals surface area contributed by atoms with E-state index in [1.54, 1.807) is 11.8 Å². The second-order valence-corrected chi connectivity index (χ2v) is 9.67. The molecule has 0 bridgehead atoms. The van der Waals surface area contributed by atoms with Crippen molar-refractivity contribution in [1.29, 1.82) is 0 Å². The predicted octanol–water partition coefficient (Wildman–Crippen LogP) is 6.14. The van der Waals surface area contributed by atoms with E-state index in [0.29, 0.717) is 18.7 Å². The smallest absolute Gasteiger partial charge is 0.237 e. The predicted molar refractivity (Wildman–Crippen MR) is 135 cm³/mol. The Morgan fingerprint density at radius 1 is 1.12 bits per heavy atom. The molecule has 3 rings (SSSR count). The minimum atomic E-state index is -0.258. The summed E-state index contributed by atoms with van der Waals surface area (Å²) in [6, 6.07) is 16.5. The van der Waals surface area contributed by atoms with Crippen LogP contribution >= 0.6 is 23.5 Å². The summed E-state index contributed by atoms with van der Waals surface area (Å²) in [5.74, 6) is 1.56. The number of allylic oxidation sites excluding steroid dienone is 1. The van der Waals surface area contributed by atoms with Gasteiger partial charge in [-0.15, -0.1) is 28.5 Å². The third kappa shape index (κ3) is 6.50. The molecule has 1 unspecified atom stereocenters. The van der Waals surface area contributed by atoms with Crippen LogP contribution < -0.4 is 5.32 Å². The number of carbonyl (C=O) groups excluding carboxylic acids is 1. The number of hydrogen-bond donors (Lipinski definition) is 1. The minimum absolute atomic E-state index is 0.0227. The van der Waals surface area contributed by atoms with Crippen LogP contribution in [0.25, 0.3) is 0 Å². The second kappa shape index (κ2) is 11.9. The van der Waals surface area contributed by atoms with E-state index in [1.165, 1.54) is 27.8 Å². The zero-order valence-electron chi connectivity index (χ0n) is 18.9. The van der Waals surface area contributed by atoms with Gasteiger partial charge in [0.2, 0.25) is 5.91 Å². The first-order valence-electron chi connectivity index (χ1n) is 10.8. The lowest BCUT2D eigenvalue weighted by molar-refractivity contribution is -0.115. The van der Waals surface area contributed by atoms with Crippen molar-refractivity contribution in [3.8, 4) is 0 Å². The van der Waals surface area contributed by atoms with Gasteiger partial charge in [-0.25, -0.2) is 0 Å². The monoisotopic (exact) mass is 466 g/mol. The van der Waals surface area contributed by atoms with E-state index in [9.17, 15) is 4.79 Å². The summed E-state index contributed by atoms with van der Waals surface area (Å²) in [7, 11) is 0. The SMILES string of the molecule is C=CCn1c(CSc2ccc(C)cc2)nnc1SC(CC)C(=O)Nc1ccc(CC)cc1. The number of amides is 1. The molecule has 0 aliphatic rings. The van der Waals surface area contributed by atoms with Crippen LogP contribution in [0.5, 0.6) is 0 Å². The molecule has 0 aliphatic carbocycles. The number of benzene rings is 2. The summed E-state index contributed by atoms with van der Waals surface area (Å²) in [5, 5.41) is 12.3. The maximum absolute atomic E-state index is 12.9. The summed E-state index contributed by atoms with van der Waals surface area (Å²) in [6.45, 7) is 10.7. The molecule has 3 aromatic rings. The molecule has 0 spiro atoms. The summed E-state index contributed by atoms with van der Waals surface area (Å²) >= 11 is 3.18. The minimum Gasteiger partial charge on any atom is -0.325 e. The number of rotatable bonds is 11. The molecule has 0 aliphatic heterocycles. The third-order valence-electron chi connectivity index (χ3n) is 5.03. The molecule has 1 amide bonds. The number of aromatic nitrogens is 3. The van der Waals surface area contributed by atoms with Crippen LogP contribution in [-0.2, 0) is 23.5 Å². The van der Waals surface area contributed by atoms with Gasteiger partial charge in [-0.05, 0) is 49.6 Å². The van der Waals surface area contributed by atoms with Crippen LogP contribution in [0.15, 0.2) is 71.2 Å². The third-order valence-corrected chi connectivity index (χ3v) is 7.39. The molecule has 0 saturated carbocycles. The zero-order chi connectivity index (χ0) is 22.9. The first kappa shape index (κ1) is 24.1. The molecule has 2 aromatic carbocycles. The summed E-state index contributed by atoms with van der Waals surface area (Å²) < 4.78 is 2.05. The van der Waals surface area contributed by atoms with Gasteiger partial charge in [-0.1, -0.05) is 61.5 Å². The Balaban J connectivity index is 1.68. The van der Waals surface area contributed by atoms with E-state index < -0.39 is 0 Å². The van der Waals surface area contributed by atoms with Crippen molar-refractivity contribution in [2.24, 2.45) is 0 Å². The summed E-state index contributed by atoms with van der Waals surface area (Å²) in [5.41, 5.74) is 3.31. The highest BCUT2D eigenvalue weighted by molar-refractivity contribution is 8.00. The van der Waals surface area contributed by atoms with Crippen LogP contribution in [0.1, 0.15) is 37.2 Å². The summed E-state index contributed by atoms with van der Waals surface area (Å²) in [6.07, 6.45) is 3.51. The summed E-state index contributed by atoms with van der Waals surface area (Å²) in [4.78, 5) is 14.1. The van der Waals surface area contributed by atoms with Crippen molar-refractivity contribution < 1.29 is 4.79 Å². The topological polar surface area (TPSA) is 59.8 Å². The molecule has 1 aromatic heterocycles. The van der Waals surface area contributed by atoms with Crippen LogP contribution in [0.3, 0.4) is 0 Å². The Labute approximate surface area is 199 Å². The highest BCUT2D eigenvalue weighted by atomic mass is 32.2. The quantitative estimate of drug-likeness (QED) is 0.272. The number of nitrogens with one attached hydrogen (secondary N) is 1. The van der Waals surface area contributed by atoms with Crippen molar-refractivity contribution >= 4 is 35.1 Å². The van der Waals surface area contributed by atoms with Crippen molar-refractivity contribution in [3.05, 3.63) is 78.1 Å². The number of carbonyl (C=O) groups is 1. The Morgan fingerprint density at radius 2 is 1.84 bits per heavy atom. The largest absolute Gasteiger partial charge is 0.325 e. The first-order valence-corrected chi connectivity index (χ1v) is 12.7. The zero-order valence-corrected chi connectivity index (χ0v) is 20.5. The van der Waals surface area contributed by atoms with Crippen molar-refractivity contribution in [3.63, 3.8) is 0 Å². The number of nitrogens with zero attached hydrogens (tertiary/aromatic N) is 3. The molecular formula is C25H30N4OS2. The molecule has 0 radical (unpaired) electrons. The lowest BCUT2D eigenvalue weighted by Gasteiger charge is -2.15. The van der Waals surface area contributed by atoms with Crippen LogP contribution in [0.2, 0.25) is 0 Å². The number of aryl methyl sites for hydroxylation is 2. The standard InChI is InChI=1S/C25H30N4OS2/c1-5-16-29-23(17-31-21-14-8-18(4)9-15-21)27-28-25(29)32-22(7-3)24(30)26-20-12-10-19(6-2)11-13-20/h5,8-15,22H,1,6-7,16-17H2,2-4H3,(H,26,30). The van der Waals surface area contributed by atoms with E-state index in [0.717, 1.165) is 23.1 Å². The van der Waals surface area contributed by atoms with Gasteiger partial charge >= 0.3 is 0 Å². The van der Waals surface area contributed by atoms with Crippen molar-refractivity contribution in [2.45, 2.75) is 61.2 Å². The molecule has 168 valence electrons. The van der Waals surface area contributed by atoms with Crippen LogP contribution in [-0.4, -0.2) is 25.9 Å². The molecule has 1 atom stereocenters. The molecule has 0 saturated heterocycles. The van der Waals surface area contributed by atoms with Gasteiger partial charge in [0.25, 0.3) is 0 Å². The maximum atomic E-state index is 12.9. The highest BCUT2D eigenvalue weighted by Crippen LogP contribution is 2.28. The fourth-order valence-corrected chi connectivity index (χ4v) is 4.92. The molecular weight excluding hydrogens is 436 g/mol.